The van der Waals surface area contributed by atoms with Gasteiger partial charge in [-0.3, -0.25) is 19.8 Å². The molecule has 0 radical (unpaired) electrons. The molecule has 2 atom stereocenters. The zero-order valence-electron chi connectivity index (χ0n) is 20.7. The maximum absolute atomic E-state index is 14.3. The molecule has 1 aromatic heterocycles. The molecule has 0 unspecified atom stereocenters. The molecule has 0 aliphatic carbocycles. The van der Waals surface area contributed by atoms with Crippen LogP contribution in [0.3, 0.4) is 0 Å². The molecule has 0 saturated carbocycles. The molecule has 5 rings (SSSR count). The zero-order valence-corrected chi connectivity index (χ0v) is 20.7. The summed E-state index contributed by atoms with van der Waals surface area (Å²) in [6.07, 6.45) is 0. The van der Waals surface area contributed by atoms with Crippen molar-refractivity contribution in [2.45, 2.75) is 19.0 Å². The van der Waals surface area contributed by atoms with Gasteiger partial charge in [0, 0.05) is 23.2 Å². The van der Waals surface area contributed by atoms with E-state index in [1.807, 2.05) is 37.3 Å². The van der Waals surface area contributed by atoms with Gasteiger partial charge in [0.25, 0.3) is 11.6 Å². The largest absolute Gasteiger partial charge is 0.497 e. The van der Waals surface area contributed by atoms with Crippen LogP contribution in [0.15, 0.2) is 66.7 Å². The van der Waals surface area contributed by atoms with Crippen LogP contribution in [0.2, 0.25) is 0 Å². The topological polar surface area (TPSA) is 128 Å². The molecule has 0 saturated heterocycles. The molecule has 0 bridgehead atoms. The SMILES string of the molecule is COC(=O)[C@@H]1[C@@H](c2ccc(C)cc2)N(c2ccc(OC)cc2)C(=O)c2c(C#N)c3cc([N+](=O)[O-])ccc3n21. The second-order valence-electron chi connectivity index (χ2n) is 8.86. The minimum atomic E-state index is -1.09. The number of nitro groups is 1. The molecule has 3 aromatic carbocycles. The first-order chi connectivity index (χ1) is 18.3. The first-order valence-electron chi connectivity index (χ1n) is 11.6. The van der Waals surface area contributed by atoms with Gasteiger partial charge in [-0.15, -0.1) is 0 Å². The van der Waals surface area contributed by atoms with Crippen LogP contribution in [0.5, 0.6) is 5.75 Å². The number of esters is 1. The number of nitrogens with zero attached hydrogens (tertiary/aromatic N) is 4. The minimum Gasteiger partial charge on any atom is -0.497 e. The summed E-state index contributed by atoms with van der Waals surface area (Å²) in [7, 11) is 2.78. The highest BCUT2D eigenvalue weighted by Gasteiger charge is 2.48. The molecule has 190 valence electrons. The van der Waals surface area contributed by atoms with E-state index in [0.29, 0.717) is 22.5 Å². The number of carbonyl (C=O) groups is 2. The molecule has 10 heteroatoms. The van der Waals surface area contributed by atoms with Gasteiger partial charge >= 0.3 is 5.97 Å². The molecule has 0 fully saturated rings. The number of rotatable bonds is 5. The summed E-state index contributed by atoms with van der Waals surface area (Å²) in [6.45, 7) is 1.93. The van der Waals surface area contributed by atoms with Crippen LogP contribution in [-0.2, 0) is 9.53 Å². The standard InChI is InChI=1S/C28H22N4O6/c1-16-4-6-17(7-5-16)24-26(28(34)38-3)31-23-13-10-19(32(35)36)14-21(23)22(15-29)25(31)27(33)30(24)18-8-11-20(37-2)12-9-18/h4-14,24,26H,1-3H3/t24-,26+/m1/s1. The van der Waals surface area contributed by atoms with Gasteiger partial charge < -0.3 is 14.0 Å². The lowest BCUT2D eigenvalue weighted by molar-refractivity contribution is -0.384. The smallest absolute Gasteiger partial charge is 0.331 e. The van der Waals surface area contributed by atoms with E-state index in [0.717, 1.165) is 5.56 Å². The number of aromatic nitrogens is 1. The zero-order chi connectivity index (χ0) is 27.1. The minimum absolute atomic E-state index is 0.0439. The molecular formula is C28H22N4O6. The lowest BCUT2D eigenvalue weighted by Gasteiger charge is -2.41. The molecular weight excluding hydrogens is 488 g/mol. The normalized spacial score (nSPS) is 16.6. The van der Waals surface area contributed by atoms with Crippen molar-refractivity contribution in [2.24, 2.45) is 0 Å². The summed E-state index contributed by atoms with van der Waals surface area (Å²) in [5.74, 6) is -0.590. The van der Waals surface area contributed by atoms with Gasteiger partial charge in [0.1, 0.15) is 17.5 Å². The van der Waals surface area contributed by atoms with Gasteiger partial charge in [0.15, 0.2) is 6.04 Å². The molecule has 0 spiro atoms. The van der Waals surface area contributed by atoms with Gasteiger partial charge in [-0.2, -0.15) is 5.26 Å². The highest BCUT2D eigenvalue weighted by Crippen LogP contribution is 2.46. The summed E-state index contributed by atoms with van der Waals surface area (Å²) < 4.78 is 12.0. The third-order valence-electron chi connectivity index (χ3n) is 6.80. The van der Waals surface area contributed by atoms with E-state index in [1.54, 1.807) is 24.3 Å². The number of non-ortho nitro benzene ring substituents is 1. The maximum Gasteiger partial charge on any atom is 0.331 e. The average molecular weight is 511 g/mol. The Labute approximate surface area is 217 Å². The molecule has 1 aliphatic heterocycles. The average Bonchev–Trinajstić information content (AvgIpc) is 3.27. The van der Waals surface area contributed by atoms with Crippen LogP contribution < -0.4 is 9.64 Å². The van der Waals surface area contributed by atoms with Crippen molar-refractivity contribution in [1.29, 1.82) is 5.26 Å². The number of nitriles is 1. The lowest BCUT2D eigenvalue weighted by atomic mass is 9.92. The van der Waals surface area contributed by atoms with Crippen LogP contribution >= 0.6 is 0 Å². The number of benzene rings is 3. The van der Waals surface area contributed by atoms with Crippen molar-refractivity contribution in [1.82, 2.24) is 4.57 Å². The van der Waals surface area contributed by atoms with E-state index in [1.165, 1.54) is 41.9 Å². The monoisotopic (exact) mass is 510 g/mol. The number of hydrogen-bond donors (Lipinski definition) is 0. The number of nitro benzene ring substituents is 1. The first kappa shape index (κ1) is 24.5. The van der Waals surface area contributed by atoms with Crippen molar-refractivity contribution >= 4 is 34.2 Å². The molecule has 2 heterocycles. The third kappa shape index (κ3) is 3.72. The Morgan fingerprint density at radius 2 is 1.74 bits per heavy atom. The number of amides is 1. The number of hydrogen-bond acceptors (Lipinski definition) is 7. The molecule has 1 aliphatic rings. The lowest BCUT2D eigenvalue weighted by Crippen LogP contribution is -2.48. The second kappa shape index (κ2) is 9.37. The number of ether oxygens (including phenoxy) is 2. The molecule has 4 aromatic rings. The molecule has 10 nitrogen and oxygen atoms in total. The van der Waals surface area contributed by atoms with Gasteiger partial charge in [-0.1, -0.05) is 29.8 Å². The first-order valence-corrected chi connectivity index (χ1v) is 11.6. The summed E-state index contributed by atoms with van der Waals surface area (Å²) in [5, 5.41) is 21.8. The van der Waals surface area contributed by atoms with Gasteiger partial charge in [-0.25, -0.2) is 4.79 Å². The number of anilines is 1. The number of methoxy groups -OCH3 is 2. The third-order valence-corrected chi connectivity index (χ3v) is 6.80. The van der Waals surface area contributed by atoms with Gasteiger partial charge in [0.2, 0.25) is 0 Å². The van der Waals surface area contributed by atoms with Crippen molar-refractivity contribution in [3.8, 4) is 11.8 Å². The fourth-order valence-corrected chi connectivity index (χ4v) is 5.02. The number of carbonyl (C=O) groups excluding carboxylic acids is 2. The predicted octanol–water partition coefficient (Wildman–Crippen LogP) is 4.85. The van der Waals surface area contributed by atoms with Crippen LogP contribution in [-0.4, -0.2) is 35.6 Å². The summed E-state index contributed by atoms with van der Waals surface area (Å²) >= 11 is 0. The van der Waals surface area contributed by atoms with Crippen molar-refractivity contribution < 1.29 is 24.0 Å². The maximum atomic E-state index is 14.3. The molecule has 38 heavy (non-hydrogen) atoms. The second-order valence-corrected chi connectivity index (χ2v) is 8.86. The Bertz CT molecular complexity index is 1630. The van der Waals surface area contributed by atoms with E-state index < -0.39 is 28.9 Å². The Morgan fingerprint density at radius 3 is 2.32 bits per heavy atom. The summed E-state index contributed by atoms with van der Waals surface area (Å²) in [4.78, 5) is 40.1. The van der Waals surface area contributed by atoms with Crippen LogP contribution in [0.25, 0.3) is 10.9 Å². The Morgan fingerprint density at radius 1 is 1.05 bits per heavy atom. The van der Waals surface area contributed by atoms with Crippen LogP contribution in [0.1, 0.15) is 39.3 Å². The van der Waals surface area contributed by atoms with Gasteiger partial charge in [-0.05, 0) is 42.8 Å². The Hall–Kier alpha value is -5.17. The molecule has 0 N–H and O–H groups in total. The van der Waals surface area contributed by atoms with E-state index in [9.17, 15) is 25.0 Å². The Kier molecular flexibility index (Phi) is 6.04. The van der Waals surface area contributed by atoms with Crippen LogP contribution in [0.4, 0.5) is 11.4 Å². The quantitative estimate of drug-likeness (QED) is 0.213. The van der Waals surface area contributed by atoms with E-state index in [4.69, 9.17) is 9.47 Å². The summed E-state index contributed by atoms with van der Waals surface area (Å²) in [6, 6.07) is 18.3. The predicted molar refractivity (Wildman–Crippen MR) is 138 cm³/mol. The number of aryl methyl sites for hydroxylation is 1. The van der Waals surface area contributed by atoms with Gasteiger partial charge in [0.05, 0.1) is 36.3 Å². The fourth-order valence-electron chi connectivity index (χ4n) is 5.02. The summed E-state index contributed by atoms with van der Waals surface area (Å²) in [5.41, 5.74) is 2.15. The highest BCUT2D eigenvalue weighted by atomic mass is 16.6. The highest BCUT2D eigenvalue weighted by molar-refractivity contribution is 6.13. The van der Waals surface area contributed by atoms with E-state index in [2.05, 4.69) is 0 Å². The van der Waals surface area contributed by atoms with Crippen molar-refractivity contribution in [3.05, 3.63) is 99.2 Å². The Balaban J connectivity index is 1.87. The van der Waals surface area contributed by atoms with E-state index >= 15 is 0 Å². The molecule has 1 amide bonds. The van der Waals surface area contributed by atoms with Crippen molar-refractivity contribution in [2.75, 3.05) is 19.1 Å². The van der Waals surface area contributed by atoms with E-state index in [-0.39, 0.29) is 22.3 Å². The fraction of sp³-hybridized carbons (Fsp3) is 0.179. The number of fused-ring (bicyclic) bond motifs is 3. The van der Waals surface area contributed by atoms with Crippen molar-refractivity contribution in [3.63, 3.8) is 0 Å². The van der Waals surface area contributed by atoms with Crippen LogP contribution in [0, 0.1) is 28.4 Å².